The molecular weight excluding hydrogens is 240 g/mol. The molecule has 1 rings (SSSR count). The zero-order valence-corrected chi connectivity index (χ0v) is 13.0. The summed E-state index contributed by atoms with van der Waals surface area (Å²) in [5.41, 5.74) is 1.35. The van der Waals surface area contributed by atoms with Crippen LogP contribution in [0, 0.1) is 0 Å². The van der Waals surface area contributed by atoms with Gasteiger partial charge in [-0.25, -0.2) is 0 Å². The van der Waals surface area contributed by atoms with Crippen LogP contribution in [0.5, 0.6) is 0 Å². The number of thioether (sulfide) groups is 1. The summed E-state index contributed by atoms with van der Waals surface area (Å²) in [7, 11) is 2.02. The van der Waals surface area contributed by atoms with E-state index in [0.29, 0.717) is 17.3 Å². The molecule has 1 aromatic rings. The molecule has 0 heterocycles. The first kappa shape index (κ1) is 15.5. The van der Waals surface area contributed by atoms with Crippen molar-refractivity contribution in [3.8, 4) is 0 Å². The Morgan fingerprint density at radius 1 is 1.06 bits per heavy atom. The van der Waals surface area contributed by atoms with Gasteiger partial charge in [-0.2, -0.15) is 0 Å². The molecule has 1 aromatic carbocycles. The van der Waals surface area contributed by atoms with Crippen LogP contribution in [0.4, 0.5) is 0 Å². The molecule has 1 unspecified atom stereocenters. The van der Waals surface area contributed by atoms with Crippen molar-refractivity contribution in [1.29, 1.82) is 0 Å². The number of hydrogen-bond donors (Lipinski definition) is 2. The highest BCUT2D eigenvalue weighted by atomic mass is 32.2. The second kappa shape index (κ2) is 7.82. The van der Waals surface area contributed by atoms with E-state index in [9.17, 15) is 0 Å². The molecule has 2 nitrogen and oxygen atoms in total. The zero-order chi connectivity index (χ0) is 13.5. The third-order valence-corrected chi connectivity index (χ3v) is 3.75. The van der Waals surface area contributed by atoms with Gasteiger partial charge in [0.2, 0.25) is 0 Å². The first-order valence-electron chi connectivity index (χ1n) is 6.70. The molecule has 0 bridgehead atoms. The van der Waals surface area contributed by atoms with Gasteiger partial charge in [0.25, 0.3) is 0 Å². The summed E-state index contributed by atoms with van der Waals surface area (Å²) in [5, 5.41) is 7.48. The molecular formula is C15H26N2S. The third-order valence-electron chi connectivity index (χ3n) is 2.73. The van der Waals surface area contributed by atoms with Gasteiger partial charge in [-0.1, -0.05) is 39.8 Å². The summed E-state index contributed by atoms with van der Waals surface area (Å²) in [5.74, 6) is 0. The minimum Gasteiger partial charge on any atom is -0.313 e. The van der Waals surface area contributed by atoms with E-state index in [1.54, 1.807) is 0 Å². The molecule has 0 fully saturated rings. The maximum Gasteiger partial charge on any atom is 0.0444 e. The molecule has 0 saturated heterocycles. The molecule has 0 spiro atoms. The molecule has 102 valence electrons. The van der Waals surface area contributed by atoms with Gasteiger partial charge in [0.15, 0.2) is 0 Å². The maximum absolute atomic E-state index is 3.47. The number of nitrogens with one attached hydrogen (secondary N) is 2. The van der Waals surface area contributed by atoms with Crippen LogP contribution in [-0.2, 0) is 0 Å². The van der Waals surface area contributed by atoms with Gasteiger partial charge in [-0.15, -0.1) is 11.8 Å². The molecule has 3 heteroatoms. The first-order valence-corrected chi connectivity index (χ1v) is 7.58. The third kappa shape index (κ3) is 5.42. The molecule has 2 N–H and O–H groups in total. The molecule has 0 aliphatic heterocycles. The fourth-order valence-corrected chi connectivity index (χ4v) is 2.63. The van der Waals surface area contributed by atoms with Gasteiger partial charge >= 0.3 is 0 Å². The van der Waals surface area contributed by atoms with E-state index < -0.39 is 0 Å². The van der Waals surface area contributed by atoms with E-state index >= 15 is 0 Å². The molecule has 0 radical (unpaired) electrons. The summed E-state index contributed by atoms with van der Waals surface area (Å²) < 4.78 is 0. The van der Waals surface area contributed by atoms with Crippen molar-refractivity contribution in [2.75, 3.05) is 13.6 Å². The largest absolute Gasteiger partial charge is 0.313 e. The van der Waals surface area contributed by atoms with Crippen molar-refractivity contribution in [2.24, 2.45) is 0 Å². The van der Waals surface area contributed by atoms with E-state index in [4.69, 9.17) is 0 Å². The Morgan fingerprint density at radius 3 is 2.11 bits per heavy atom. The number of rotatable bonds is 7. The van der Waals surface area contributed by atoms with Gasteiger partial charge in [0, 0.05) is 28.8 Å². The Hall–Kier alpha value is -0.510. The lowest BCUT2D eigenvalue weighted by molar-refractivity contribution is 0.491. The summed E-state index contributed by atoms with van der Waals surface area (Å²) in [6.07, 6.45) is 0. The standard InChI is InChI=1S/C15H26N2S/c1-11(2)17-10-15(16-5)13-6-8-14(9-7-13)18-12(3)4/h6-9,11-12,15-17H,10H2,1-5H3. The van der Waals surface area contributed by atoms with Gasteiger partial charge in [-0.3, -0.25) is 0 Å². The van der Waals surface area contributed by atoms with Crippen molar-refractivity contribution < 1.29 is 0 Å². The van der Waals surface area contributed by atoms with E-state index in [2.05, 4.69) is 62.6 Å². The van der Waals surface area contributed by atoms with Crippen molar-refractivity contribution in [1.82, 2.24) is 10.6 Å². The Labute approximate surface area is 116 Å². The number of benzene rings is 1. The van der Waals surface area contributed by atoms with Crippen LogP contribution in [0.15, 0.2) is 29.2 Å². The lowest BCUT2D eigenvalue weighted by atomic mass is 10.1. The Balaban J connectivity index is 2.63. The lowest BCUT2D eigenvalue weighted by Crippen LogP contribution is -2.33. The molecule has 0 aliphatic carbocycles. The molecule has 1 atom stereocenters. The molecule has 18 heavy (non-hydrogen) atoms. The number of likely N-dealkylation sites (N-methyl/N-ethyl adjacent to an activating group) is 1. The van der Waals surface area contributed by atoms with Gasteiger partial charge in [0.05, 0.1) is 0 Å². The van der Waals surface area contributed by atoms with Crippen LogP contribution in [0.3, 0.4) is 0 Å². The van der Waals surface area contributed by atoms with Gasteiger partial charge in [-0.05, 0) is 24.7 Å². The fraction of sp³-hybridized carbons (Fsp3) is 0.600. The molecule has 0 aliphatic rings. The van der Waals surface area contributed by atoms with Crippen LogP contribution in [0.25, 0.3) is 0 Å². The molecule has 0 aromatic heterocycles. The topological polar surface area (TPSA) is 24.1 Å². The highest BCUT2D eigenvalue weighted by Crippen LogP contribution is 2.24. The summed E-state index contributed by atoms with van der Waals surface area (Å²) >= 11 is 1.91. The second-order valence-corrected chi connectivity index (χ2v) is 6.79. The van der Waals surface area contributed by atoms with E-state index in [1.165, 1.54) is 10.5 Å². The highest BCUT2D eigenvalue weighted by molar-refractivity contribution is 7.99. The Morgan fingerprint density at radius 2 is 1.67 bits per heavy atom. The van der Waals surface area contributed by atoms with Crippen molar-refractivity contribution in [3.63, 3.8) is 0 Å². The summed E-state index contributed by atoms with van der Waals surface area (Å²) in [6.45, 7) is 9.76. The van der Waals surface area contributed by atoms with Crippen LogP contribution in [-0.4, -0.2) is 24.9 Å². The van der Waals surface area contributed by atoms with E-state index in [-0.39, 0.29) is 0 Å². The average Bonchev–Trinajstić information content (AvgIpc) is 2.31. The lowest BCUT2D eigenvalue weighted by Gasteiger charge is -2.19. The molecule has 0 amide bonds. The summed E-state index contributed by atoms with van der Waals surface area (Å²) in [4.78, 5) is 1.35. The van der Waals surface area contributed by atoms with Crippen molar-refractivity contribution >= 4 is 11.8 Å². The van der Waals surface area contributed by atoms with Crippen molar-refractivity contribution in [3.05, 3.63) is 29.8 Å². The fourth-order valence-electron chi connectivity index (χ4n) is 1.79. The predicted molar refractivity (Wildman–Crippen MR) is 82.4 cm³/mol. The van der Waals surface area contributed by atoms with Gasteiger partial charge in [0.1, 0.15) is 0 Å². The van der Waals surface area contributed by atoms with Crippen LogP contribution in [0.1, 0.15) is 39.3 Å². The summed E-state index contributed by atoms with van der Waals surface area (Å²) in [6, 6.07) is 9.81. The second-order valence-electron chi connectivity index (χ2n) is 5.14. The van der Waals surface area contributed by atoms with Crippen LogP contribution in [0.2, 0.25) is 0 Å². The van der Waals surface area contributed by atoms with E-state index in [0.717, 1.165) is 6.54 Å². The number of hydrogen-bond acceptors (Lipinski definition) is 3. The highest BCUT2D eigenvalue weighted by Gasteiger charge is 2.09. The minimum atomic E-state index is 0.380. The van der Waals surface area contributed by atoms with Crippen molar-refractivity contribution in [2.45, 2.75) is 49.9 Å². The van der Waals surface area contributed by atoms with E-state index in [1.807, 2.05) is 18.8 Å². The van der Waals surface area contributed by atoms with Gasteiger partial charge < -0.3 is 10.6 Å². The SMILES string of the molecule is CNC(CNC(C)C)c1ccc(SC(C)C)cc1. The van der Waals surface area contributed by atoms with Crippen LogP contribution < -0.4 is 10.6 Å². The smallest absolute Gasteiger partial charge is 0.0444 e. The zero-order valence-electron chi connectivity index (χ0n) is 12.2. The molecule has 0 saturated carbocycles. The predicted octanol–water partition coefficient (Wildman–Crippen LogP) is 3.45. The monoisotopic (exact) mass is 266 g/mol. The van der Waals surface area contributed by atoms with Crippen LogP contribution >= 0.6 is 11.8 Å². The Kier molecular flexibility index (Phi) is 6.76. The Bertz CT molecular complexity index is 333. The quantitative estimate of drug-likeness (QED) is 0.739. The normalized spacial score (nSPS) is 13.3. The first-order chi connectivity index (χ1) is 8.52. The average molecular weight is 266 g/mol. The minimum absolute atomic E-state index is 0.380. The maximum atomic E-state index is 3.47.